The second-order valence-electron chi connectivity index (χ2n) is 4.14. The Kier molecular flexibility index (Phi) is 3.30. The molecule has 0 radical (unpaired) electrons. The molecule has 0 N–H and O–H groups in total. The fraction of sp³-hybridized carbons (Fsp3) is 0.909. The van der Waals surface area contributed by atoms with E-state index in [0.29, 0.717) is 17.6 Å². The number of ketones is 1. The predicted octanol–water partition coefficient (Wildman–Crippen LogP) is 3.04. The lowest BCUT2D eigenvalue weighted by Crippen LogP contribution is -2.30. The van der Waals surface area contributed by atoms with Gasteiger partial charge in [-0.05, 0) is 18.3 Å². The first-order valence-electron chi connectivity index (χ1n) is 5.21. The number of hydrogen-bond donors (Lipinski definition) is 0. The number of carbonyl (C=O) groups is 1. The molecule has 0 saturated heterocycles. The van der Waals surface area contributed by atoms with Crippen molar-refractivity contribution in [3.05, 3.63) is 0 Å². The average Bonchev–Trinajstić information content (AvgIpc) is 2.09. The number of rotatable bonds is 2. The highest BCUT2D eigenvalue weighted by Gasteiger charge is 2.31. The highest BCUT2D eigenvalue weighted by Crippen LogP contribution is 2.35. The van der Waals surface area contributed by atoms with Gasteiger partial charge >= 0.3 is 0 Å². The SMILES string of the molecule is CCC1CC(=O)C(C)CC1CC. The molecule has 70 valence electrons. The first-order chi connectivity index (χ1) is 5.69. The minimum Gasteiger partial charge on any atom is -0.299 e. The summed E-state index contributed by atoms with van der Waals surface area (Å²) >= 11 is 0. The topological polar surface area (TPSA) is 17.1 Å². The van der Waals surface area contributed by atoms with Crippen LogP contribution >= 0.6 is 0 Å². The van der Waals surface area contributed by atoms with Crippen LogP contribution in [0.4, 0.5) is 0 Å². The third-order valence-electron chi connectivity index (χ3n) is 3.38. The van der Waals surface area contributed by atoms with Crippen LogP contribution in [0.5, 0.6) is 0 Å². The molecule has 0 bridgehead atoms. The molecule has 0 aromatic rings. The second-order valence-corrected chi connectivity index (χ2v) is 4.14. The van der Waals surface area contributed by atoms with E-state index in [0.717, 1.165) is 18.8 Å². The Morgan fingerprint density at radius 3 is 2.33 bits per heavy atom. The molecule has 0 aromatic heterocycles. The van der Waals surface area contributed by atoms with Crippen LogP contribution in [0.15, 0.2) is 0 Å². The number of hydrogen-bond acceptors (Lipinski definition) is 1. The summed E-state index contributed by atoms with van der Waals surface area (Å²) in [5, 5.41) is 0. The van der Waals surface area contributed by atoms with Gasteiger partial charge in [-0.3, -0.25) is 4.79 Å². The fourth-order valence-electron chi connectivity index (χ4n) is 2.38. The van der Waals surface area contributed by atoms with E-state index in [9.17, 15) is 4.79 Å². The number of carbonyl (C=O) groups excluding carboxylic acids is 1. The molecule has 1 nitrogen and oxygen atoms in total. The van der Waals surface area contributed by atoms with Gasteiger partial charge in [-0.2, -0.15) is 0 Å². The summed E-state index contributed by atoms with van der Waals surface area (Å²) in [6.45, 7) is 6.53. The van der Waals surface area contributed by atoms with Crippen molar-refractivity contribution in [2.75, 3.05) is 0 Å². The summed E-state index contributed by atoms with van der Waals surface area (Å²) in [6.07, 6.45) is 4.40. The van der Waals surface area contributed by atoms with Crippen molar-refractivity contribution in [1.29, 1.82) is 0 Å². The minimum absolute atomic E-state index is 0.331. The first-order valence-corrected chi connectivity index (χ1v) is 5.21. The third kappa shape index (κ3) is 1.88. The highest BCUT2D eigenvalue weighted by atomic mass is 16.1. The zero-order chi connectivity index (χ0) is 9.14. The van der Waals surface area contributed by atoms with E-state index in [-0.39, 0.29) is 0 Å². The predicted molar refractivity (Wildman–Crippen MR) is 51.0 cm³/mol. The molecule has 1 saturated carbocycles. The molecule has 1 rings (SSSR count). The van der Waals surface area contributed by atoms with Gasteiger partial charge in [0.1, 0.15) is 5.78 Å². The van der Waals surface area contributed by atoms with Gasteiger partial charge in [0.05, 0.1) is 0 Å². The molecule has 0 aromatic carbocycles. The van der Waals surface area contributed by atoms with Gasteiger partial charge in [-0.1, -0.05) is 33.6 Å². The zero-order valence-corrected chi connectivity index (χ0v) is 8.47. The maximum Gasteiger partial charge on any atom is 0.135 e. The van der Waals surface area contributed by atoms with Gasteiger partial charge in [-0.25, -0.2) is 0 Å². The van der Waals surface area contributed by atoms with Crippen molar-refractivity contribution >= 4 is 5.78 Å². The lowest BCUT2D eigenvalue weighted by Gasteiger charge is -2.32. The van der Waals surface area contributed by atoms with E-state index in [2.05, 4.69) is 20.8 Å². The Morgan fingerprint density at radius 1 is 1.25 bits per heavy atom. The first kappa shape index (κ1) is 9.76. The maximum atomic E-state index is 11.4. The Bertz CT molecular complexity index is 162. The molecule has 1 fully saturated rings. The number of Topliss-reactive ketones (excluding diaryl/α,β-unsaturated/α-hetero) is 1. The van der Waals surface area contributed by atoms with Crippen LogP contribution in [-0.2, 0) is 4.79 Å². The van der Waals surface area contributed by atoms with E-state index in [4.69, 9.17) is 0 Å². The molecule has 1 aliphatic rings. The van der Waals surface area contributed by atoms with Crippen molar-refractivity contribution in [3.63, 3.8) is 0 Å². The molecule has 0 heterocycles. The largest absolute Gasteiger partial charge is 0.299 e. The van der Waals surface area contributed by atoms with Crippen LogP contribution < -0.4 is 0 Å². The summed E-state index contributed by atoms with van der Waals surface area (Å²) in [6, 6.07) is 0. The lowest BCUT2D eigenvalue weighted by atomic mass is 9.72. The summed E-state index contributed by atoms with van der Waals surface area (Å²) in [5.74, 6) is 2.31. The summed E-state index contributed by atoms with van der Waals surface area (Å²) in [5.41, 5.74) is 0. The highest BCUT2D eigenvalue weighted by molar-refractivity contribution is 5.81. The molecular formula is C11H20O. The van der Waals surface area contributed by atoms with Gasteiger partial charge in [-0.15, -0.1) is 0 Å². The van der Waals surface area contributed by atoms with E-state index in [1.54, 1.807) is 0 Å². The summed E-state index contributed by atoms with van der Waals surface area (Å²) in [4.78, 5) is 11.4. The smallest absolute Gasteiger partial charge is 0.135 e. The molecule has 1 aliphatic carbocycles. The van der Waals surface area contributed by atoms with Crippen LogP contribution in [0, 0.1) is 17.8 Å². The summed E-state index contributed by atoms with van der Waals surface area (Å²) < 4.78 is 0. The second kappa shape index (κ2) is 4.06. The lowest BCUT2D eigenvalue weighted by molar-refractivity contribution is -0.127. The van der Waals surface area contributed by atoms with Crippen molar-refractivity contribution in [1.82, 2.24) is 0 Å². The van der Waals surface area contributed by atoms with Crippen LogP contribution in [0.2, 0.25) is 0 Å². The monoisotopic (exact) mass is 168 g/mol. The Balaban J connectivity index is 2.58. The average molecular weight is 168 g/mol. The quantitative estimate of drug-likeness (QED) is 0.619. The van der Waals surface area contributed by atoms with Crippen LogP contribution in [-0.4, -0.2) is 5.78 Å². The standard InChI is InChI=1S/C11H20O/c1-4-9-6-8(3)11(12)7-10(9)5-2/h8-10H,4-7H2,1-3H3. The van der Waals surface area contributed by atoms with Gasteiger partial charge < -0.3 is 0 Å². The van der Waals surface area contributed by atoms with Crippen LogP contribution in [0.3, 0.4) is 0 Å². The molecule has 3 unspecified atom stereocenters. The Hall–Kier alpha value is -0.330. The third-order valence-corrected chi connectivity index (χ3v) is 3.38. The molecule has 12 heavy (non-hydrogen) atoms. The zero-order valence-electron chi connectivity index (χ0n) is 8.47. The molecule has 0 aliphatic heterocycles. The molecule has 0 amide bonds. The summed E-state index contributed by atoms with van der Waals surface area (Å²) in [7, 11) is 0. The van der Waals surface area contributed by atoms with E-state index in [1.165, 1.54) is 12.8 Å². The van der Waals surface area contributed by atoms with Gasteiger partial charge in [0.25, 0.3) is 0 Å². The fourth-order valence-corrected chi connectivity index (χ4v) is 2.38. The van der Waals surface area contributed by atoms with Crippen molar-refractivity contribution in [2.24, 2.45) is 17.8 Å². The van der Waals surface area contributed by atoms with Crippen LogP contribution in [0.25, 0.3) is 0 Å². The Morgan fingerprint density at radius 2 is 1.83 bits per heavy atom. The molecule has 0 spiro atoms. The minimum atomic E-state index is 0.331. The Labute approximate surface area is 75.5 Å². The van der Waals surface area contributed by atoms with Crippen molar-refractivity contribution in [3.8, 4) is 0 Å². The van der Waals surface area contributed by atoms with Crippen molar-refractivity contribution < 1.29 is 4.79 Å². The molecular weight excluding hydrogens is 148 g/mol. The van der Waals surface area contributed by atoms with Crippen LogP contribution in [0.1, 0.15) is 46.5 Å². The van der Waals surface area contributed by atoms with Gasteiger partial charge in [0, 0.05) is 12.3 Å². The van der Waals surface area contributed by atoms with Crippen molar-refractivity contribution in [2.45, 2.75) is 46.5 Å². The molecule has 3 atom stereocenters. The van der Waals surface area contributed by atoms with Gasteiger partial charge in [0.2, 0.25) is 0 Å². The molecule has 1 heteroatoms. The van der Waals surface area contributed by atoms with E-state index < -0.39 is 0 Å². The maximum absolute atomic E-state index is 11.4. The van der Waals surface area contributed by atoms with Gasteiger partial charge in [0.15, 0.2) is 0 Å². The van der Waals surface area contributed by atoms with E-state index >= 15 is 0 Å². The normalized spacial score (nSPS) is 36.9. The van der Waals surface area contributed by atoms with E-state index in [1.807, 2.05) is 0 Å².